The minimum Gasteiger partial charge on any atom is -0.481 e. The maximum absolute atomic E-state index is 10.7. The first-order valence-corrected chi connectivity index (χ1v) is 7.19. The summed E-state index contributed by atoms with van der Waals surface area (Å²) in [5, 5.41) is 22.0. The summed E-state index contributed by atoms with van der Waals surface area (Å²) in [5.74, 6) is -0.197. The zero-order valence-electron chi connectivity index (χ0n) is 11.9. The van der Waals surface area contributed by atoms with Gasteiger partial charge in [0.15, 0.2) is 11.0 Å². The molecule has 2 heterocycles. The van der Waals surface area contributed by atoms with Crippen LogP contribution in [-0.2, 0) is 11.8 Å². The molecule has 0 saturated heterocycles. The van der Waals surface area contributed by atoms with E-state index in [9.17, 15) is 4.79 Å². The molecule has 0 aliphatic rings. The highest BCUT2D eigenvalue weighted by atomic mass is 32.2. The van der Waals surface area contributed by atoms with Gasteiger partial charge in [-0.05, 0) is 26.8 Å². The molecule has 2 aromatic heterocycles. The van der Waals surface area contributed by atoms with Gasteiger partial charge in [-0.3, -0.25) is 14.0 Å². The third kappa shape index (κ3) is 2.84. The van der Waals surface area contributed by atoms with Crippen LogP contribution in [0.5, 0.6) is 0 Å². The van der Waals surface area contributed by atoms with Gasteiger partial charge in [-0.1, -0.05) is 11.8 Å². The second kappa shape index (κ2) is 5.66. The molecule has 20 heavy (non-hydrogen) atoms. The number of hydrogen-bond acceptors (Lipinski definition) is 5. The summed E-state index contributed by atoms with van der Waals surface area (Å²) in [5.41, 5.74) is 1.77. The Hall–Kier alpha value is -1.83. The minimum absolute atomic E-state index is 0.0325. The SMILES string of the molecule is Cc1cc(-c2nnc(SCC(=O)O)n2C(C)C)n(C)n1. The van der Waals surface area contributed by atoms with Crippen molar-refractivity contribution in [1.82, 2.24) is 24.5 Å². The first-order valence-electron chi connectivity index (χ1n) is 6.20. The first-order chi connectivity index (χ1) is 9.40. The van der Waals surface area contributed by atoms with Crippen molar-refractivity contribution in [3.05, 3.63) is 11.8 Å². The van der Waals surface area contributed by atoms with Crippen molar-refractivity contribution in [2.24, 2.45) is 7.05 Å². The molecule has 0 fully saturated rings. The molecule has 0 atom stereocenters. The maximum atomic E-state index is 10.7. The number of carboxylic acids is 1. The molecule has 2 aromatic rings. The van der Waals surface area contributed by atoms with E-state index in [1.807, 2.05) is 38.5 Å². The van der Waals surface area contributed by atoms with Gasteiger partial charge in [-0.15, -0.1) is 10.2 Å². The molecule has 0 unspecified atom stereocenters. The van der Waals surface area contributed by atoms with Crippen molar-refractivity contribution < 1.29 is 9.90 Å². The van der Waals surface area contributed by atoms with Crippen LogP contribution in [0.4, 0.5) is 0 Å². The summed E-state index contributed by atoms with van der Waals surface area (Å²) in [7, 11) is 1.85. The van der Waals surface area contributed by atoms with E-state index in [0.717, 1.165) is 11.4 Å². The van der Waals surface area contributed by atoms with E-state index in [4.69, 9.17) is 5.11 Å². The predicted octanol–water partition coefficient (Wildman–Crippen LogP) is 1.74. The lowest BCUT2D eigenvalue weighted by atomic mass is 10.3. The molecular formula is C12H17N5O2S. The Bertz CT molecular complexity index is 632. The van der Waals surface area contributed by atoms with Crippen LogP contribution in [0.1, 0.15) is 25.6 Å². The summed E-state index contributed by atoms with van der Waals surface area (Å²) in [6.07, 6.45) is 0. The van der Waals surface area contributed by atoms with E-state index < -0.39 is 5.97 Å². The van der Waals surface area contributed by atoms with Crippen molar-refractivity contribution >= 4 is 17.7 Å². The molecule has 0 spiro atoms. The number of nitrogens with zero attached hydrogens (tertiary/aromatic N) is 5. The van der Waals surface area contributed by atoms with E-state index >= 15 is 0 Å². The van der Waals surface area contributed by atoms with Crippen LogP contribution in [0.2, 0.25) is 0 Å². The molecular weight excluding hydrogens is 278 g/mol. The Morgan fingerprint density at radius 3 is 2.65 bits per heavy atom. The van der Waals surface area contributed by atoms with E-state index in [1.165, 1.54) is 11.8 Å². The molecule has 0 amide bonds. The van der Waals surface area contributed by atoms with Gasteiger partial charge in [0, 0.05) is 13.1 Å². The number of hydrogen-bond donors (Lipinski definition) is 1. The average molecular weight is 295 g/mol. The Morgan fingerprint density at radius 1 is 1.45 bits per heavy atom. The lowest BCUT2D eigenvalue weighted by Gasteiger charge is -2.13. The van der Waals surface area contributed by atoms with Gasteiger partial charge in [0.2, 0.25) is 0 Å². The van der Waals surface area contributed by atoms with E-state index in [1.54, 1.807) is 4.68 Å². The van der Waals surface area contributed by atoms with Crippen molar-refractivity contribution in [2.75, 3.05) is 5.75 Å². The molecule has 0 bridgehead atoms. The maximum Gasteiger partial charge on any atom is 0.313 e. The second-order valence-electron chi connectivity index (χ2n) is 4.75. The Labute approximate surface area is 121 Å². The number of aromatic nitrogens is 5. The molecule has 0 aliphatic heterocycles. The summed E-state index contributed by atoms with van der Waals surface area (Å²) in [6, 6.07) is 2.07. The van der Waals surface area contributed by atoms with Gasteiger partial charge in [0.25, 0.3) is 0 Å². The molecule has 0 saturated carbocycles. The number of thioether (sulfide) groups is 1. The summed E-state index contributed by atoms with van der Waals surface area (Å²) < 4.78 is 3.69. The Kier molecular flexibility index (Phi) is 4.12. The van der Waals surface area contributed by atoms with Crippen LogP contribution in [0, 0.1) is 6.92 Å². The highest BCUT2D eigenvalue weighted by Crippen LogP contribution is 2.27. The molecule has 0 aromatic carbocycles. The van der Waals surface area contributed by atoms with Gasteiger partial charge in [0.05, 0.1) is 11.4 Å². The van der Waals surface area contributed by atoms with Gasteiger partial charge in [-0.25, -0.2) is 0 Å². The number of rotatable bonds is 5. The van der Waals surface area contributed by atoms with E-state index in [-0.39, 0.29) is 11.8 Å². The van der Waals surface area contributed by atoms with Gasteiger partial charge < -0.3 is 5.11 Å². The lowest BCUT2D eigenvalue weighted by Crippen LogP contribution is -2.08. The highest BCUT2D eigenvalue weighted by molar-refractivity contribution is 7.99. The quantitative estimate of drug-likeness (QED) is 0.846. The summed E-state index contributed by atoms with van der Waals surface area (Å²) >= 11 is 1.17. The lowest BCUT2D eigenvalue weighted by molar-refractivity contribution is -0.133. The van der Waals surface area contributed by atoms with Crippen LogP contribution >= 0.6 is 11.8 Å². The second-order valence-corrected chi connectivity index (χ2v) is 5.69. The minimum atomic E-state index is -0.869. The third-order valence-corrected chi connectivity index (χ3v) is 3.66. The highest BCUT2D eigenvalue weighted by Gasteiger charge is 2.20. The molecule has 108 valence electrons. The molecule has 8 heteroatoms. The number of carbonyl (C=O) groups is 1. The molecule has 7 nitrogen and oxygen atoms in total. The fourth-order valence-corrected chi connectivity index (χ4v) is 2.75. The smallest absolute Gasteiger partial charge is 0.313 e. The molecule has 2 rings (SSSR count). The molecule has 0 radical (unpaired) electrons. The third-order valence-electron chi connectivity index (χ3n) is 2.74. The number of carboxylic acid groups (broad SMARTS) is 1. The molecule has 0 aliphatic carbocycles. The normalized spacial score (nSPS) is 11.2. The fraction of sp³-hybridized carbons (Fsp3) is 0.500. The number of aliphatic carboxylic acids is 1. The summed E-state index contributed by atoms with van der Waals surface area (Å²) in [6.45, 7) is 5.95. The zero-order chi connectivity index (χ0) is 14.9. The number of aryl methyl sites for hydroxylation is 2. The Morgan fingerprint density at radius 2 is 2.15 bits per heavy atom. The van der Waals surface area contributed by atoms with Crippen LogP contribution in [0.25, 0.3) is 11.5 Å². The topological polar surface area (TPSA) is 85.8 Å². The van der Waals surface area contributed by atoms with Crippen LogP contribution < -0.4 is 0 Å². The average Bonchev–Trinajstić information content (AvgIpc) is 2.89. The predicted molar refractivity (Wildman–Crippen MR) is 75.7 cm³/mol. The van der Waals surface area contributed by atoms with Crippen molar-refractivity contribution in [3.8, 4) is 11.5 Å². The van der Waals surface area contributed by atoms with Gasteiger partial charge in [0.1, 0.15) is 5.69 Å². The van der Waals surface area contributed by atoms with E-state index in [0.29, 0.717) is 11.0 Å². The van der Waals surface area contributed by atoms with E-state index in [2.05, 4.69) is 15.3 Å². The van der Waals surface area contributed by atoms with Crippen molar-refractivity contribution in [3.63, 3.8) is 0 Å². The standard InChI is InChI=1S/C12H17N5O2S/c1-7(2)17-11(9-5-8(3)15-16(9)4)13-14-12(17)20-6-10(18)19/h5,7H,6H2,1-4H3,(H,18,19). The van der Waals surface area contributed by atoms with Crippen molar-refractivity contribution in [1.29, 1.82) is 0 Å². The monoisotopic (exact) mass is 295 g/mol. The summed E-state index contributed by atoms with van der Waals surface area (Å²) in [4.78, 5) is 10.7. The van der Waals surface area contributed by atoms with Crippen molar-refractivity contribution in [2.45, 2.75) is 32.0 Å². The van der Waals surface area contributed by atoms with Gasteiger partial charge in [-0.2, -0.15) is 5.10 Å². The zero-order valence-corrected chi connectivity index (χ0v) is 12.7. The van der Waals surface area contributed by atoms with Crippen LogP contribution in [0.15, 0.2) is 11.2 Å². The van der Waals surface area contributed by atoms with Gasteiger partial charge >= 0.3 is 5.97 Å². The van der Waals surface area contributed by atoms with Crippen LogP contribution in [0.3, 0.4) is 0 Å². The van der Waals surface area contributed by atoms with Crippen LogP contribution in [-0.4, -0.2) is 41.4 Å². The largest absolute Gasteiger partial charge is 0.481 e. The fourth-order valence-electron chi connectivity index (χ4n) is 1.96. The Balaban J connectivity index is 2.44. The molecule has 1 N–H and O–H groups in total. The first kappa shape index (κ1) is 14.6.